The highest BCUT2D eigenvalue weighted by atomic mass is 19.1. The van der Waals surface area contributed by atoms with Crippen molar-refractivity contribution in [3.8, 4) is 11.3 Å². The summed E-state index contributed by atoms with van der Waals surface area (Å²) < 4.78 is 28.1. The predicted molar refractivity (Wildman–Crippen MR) is 68.0 cm³/mol. The smallest absolute Gasteiger partial charge is 0.255 e. The lowest BCUT2D eigenvalue weighted by Crippen LogP contribution is -2.26. The maximum absolute atomic E-state index is 13.8. The number of amides is 1. The molecule has 20 heavy (non-hydrogen) atoms. The van der Waals surface area contributed by atoms with Gasteiger partial charge in [0.25, 0.3) is 5.91 Å². The Hall–Kier alpha value is -2.28. The largest absolute Gasteiger partial charge is 0.395 e. The summed E-state index contributed by atoms with van der Waals surface area (Å²) in [7, 11) is 1.59. The minimum atomic E-state index is -0.792. The molecule has 0 atom stereocenters. The van der Waals surface area contributed by atoms with Gasteiger partial charge in [0.15, 0.2) is 0 Å². The van der Waals surface area contributed by atoms with Crippen molar-refractivity contribution in [2.75, 3.05) is 13.2 Å². The molecule has 0 fully saturated rings. The zero-order valence-electron chi connectivity index (χ0n) is 10.7. The zero-order chi connectivity index (χ0) is 14.7. The third-order valence-corrected chi connectivity index (χ3v) is 2.66. The molecule has 0 bridgehead atoms. The number of hydrogen-bond acceptors (Lipinski definition) is 3. The minimum Gasteiger partial charge on any atom is -0.395 e. The molecule has 106 valence electrons. The number of nitrogens with zero attached hydrogens (tertiary/aromatic N) is 2. The summed E-state index contributed by atoms with van der Waals surface area (Å²) in [5.74, 6) is -1.97. The first-order chi connectivity index (χ1) is 9.52. The molecular formula is C13H13F2N3O2. The number of aromatic nitrogens is 2. The number of aliphatic hydroxyl groups excluding tert-OH is 1. The Kier molecular flexibility index (Phi) is 4.09. The van der Waals surface area contributed by atoms with Crippen LogP contribution < -0.4 is 5.32 Å². The first kappa shape index (κ1) is 14.1. The van der Waals surface area contributed by atoms with Gasteiger partial charge >= 0.3 is 0 Å². The van der Waals surface area contributed by atoms with Gasteiger partial charge in [0.2, 0.25) is 0 Å². The van der Waals surface area contributed by atoms with Gasteiger partial charge in [0, 0.05) is 31.4 Å². The summed E-state index contributed by atoms with van der Waals surface area (Å²) in [4.78, 5) is 11.9. The van der Waals surface area contributed by atoms with E-state index in [4.69, 9.17) is 5.11 Å². The molecule has 1 aromatic heterocycles. The quantitative estimate of drug-likeness (QED) is 0.881. The summed E-state index contributed by atoms with van der Waals surface area (Å²) in [5, 5.41) is 15.2. The third-order valence-electron chi connectivity index (χ3n) is 2.66. The second-order valence-corrected chi connectivity index (χ2v) is 4.17. The van der Waals surface area contributed by atoms with Crippen LogP contribution in [0.5, 0.6) is 0 Å². The fraction of sp³-hybridized carbons (Fsp3) is 0.231. The van der Waals surface area contributed by atoms with Gasteiger partial charge in [-0.05, 0) is 12.1 Å². The number of carbonyl (C=O) groups excluding carboxylic acids is 1. The van der Waals surface area contributed by atoms with Crippen LogP contribution in [0.15, 0.2) is 24.4 Å². The summed E-state index contributed by atoms with van der Waals surface area (Å²) in [6.07, 6.45) is 1.44. The zero-order valence-corrected chi connectivity index (χ0v) is 10.7. The lowest BCUT2D eigenvalue weighted by molar-refractivity contribution is 0.0945. The summed E-state index contributed by atoms with van der Waals surface area (Å²) in [6, 6.07) is 3.07. The molecule has 0 radical (unpaired) electrons. The number of aliphatic hydroxyl groups is 1. The first-order valence-electron chi connectivity index (χ1n) is 5.91. The van der Waals surface area contributed by atoms with Crippen molar-refractivity contribution >= 4 is 5.91 Å². The Morgan fingerprint density at radius 1 is 1.45 bits per heavy atom. The maximum atomic E-state index is 13.8. The number of aryl methyl sites for hydroxylation is 1. The lowest BCUT2D eigenvalue weighted by Gasteiger charge is -2.04. The number of hydrogen-bond donors (Lipinski definition) is 2. The molecule has 0 unspecified atom stereocenters. The van der Waals surface area contributed by atoms with Crippen LogP contribution in [0, 0.1) is 11.6 Å². The minimum absolute atomic E-state index is 0.0427. The van der Waals surface area contributed by atoms with Gasteiger partial charge < -0.3 is 10.4 Å². The fourth-order valence-electron chi connectivity index (χ4n) is 1.80. The molecular weight excluding hydrogens is 268 g/mol. The first-order valence-corrected chi connectivity index (χ1v) is 5.91. The molecule has 2 rings (SSSR count). The number of rotatable bonds is 4. The molecule has 2 N–H and O–H groups in total. The van der Waals surface area contributed by atoms with E-state index in [0.717, 1.165) is 12.1 Å². The second-order valence-electron chi connectivity index (χ2n) is 4.17. The molecule has 0 spiro atoms. The van der Waals surface area contributed by atoms with E-state index in [2.05, 4.69) is 10.4 Å². The number of nitrogens with one attached hydrogen (secondary N) is 1. The van der Waals surface area contributed by atoms with Crippen molar-refractivity contribution in [1.29, 1.82) is 0 Å². The average molecular weight is 281 g/mol. The Labute approximate surface area is 113 Å². The Morgan fingerprint density at radius 2 is 2.20 bits per heavy atom. The van der Waals surface area contributed by atoms with Crippen molar-refractivity contribution in [3.63, 3.8) is 0 Å². The van der Waals surface area contributed by atoms with E-state index in [1.165, 1.54) is 16.9 Å². The monoisotopic (exact) mass is 281 g/mol. The van der Waals surface area contributed by atoms with Crippen molar-refractivity contribution in [3.05, 3.63) is 41.6 Å². The topological polar surface area (TPSA) is 67.2 Å². The van der Waals surface area contributed by atoms with Crippen LogP contribution in [0.1, 0.15) is 10.4 Å². The summed E-state index contributed by atoms with van der Waals surface area (Å²) >= 11 is 0. The average Bonchev–Trinajstić information content (AvgIpc) is 2.78. The molecule has 1 amide bonds. The third kappa shape index (κ3) is 2.83. The number of benzene rings is 1. The van der Waals surface area contributed by atoms with Gasteiger partial charge in [-0.15, -0.1) is 0 Å². The summed E-state index contributed by atoms with van der Waals surface area (Å²) in [6.45, 7) is -0.120. The van der Waals surface area contributed by atoms with Crippen molar-refractivity contribution in [1.82, 2.24) is 15.1 Å². The standard InChI is InChI=1S/C13H13F2N3O2/c1-18-7-10(13(20)16-4-5-19)12(17-18)9-3-2-8(14)6-11(9)15/h2-3,6-7,19H,4-5H2,1H3,(H,16,20). The van der Waals surface area contributed by atoms with E-state index in [1.54, 1.807) is 7.05 Å². The van der Waals surface area contributed by atoms with Gasteiger partial charge in [0.05, 0.1) is 12.2 Å². The molecule has 2 aromatic rings. The van der Waals surface area contributed by atoms with E-state index < -0.39 is 17.5 Å². The molecule has 1 heterocycles. The van der Waals surface area contributed by atoms with Crippen LogP contribution in [0.3, 0.4) is 0 Å². The van der Waals surface area contributed by atoms with E-state index in [1.807, 2.05) is 0 Å². The molecule has 7 heteroatoms. The molecule has 0 aliphatic rings. The fourth-order valence-corrected chi connectivity index (χ4v) is 1.80. The van der Waals surface area contributed by atoms with Crippen molar-refractivity contribution in [2.24, 2.45) is 7.05 Å². The SMILES string of the molecule is Cn1cc(C(=O)NCCO)c(-c2ccc(F)cc2F)n1. The second kappa shape index (κ2) is 5.79. The van der Waals surface area contributed by atoms with Crippen molar-refractivity contribution in [2.45, 2.75) is 0 Å². The Bertz CT molecular complexity index is 641. The highest BCUT2D eigenvalue weighted by Crippen LogP contribution is 2.25. The maximum Gasteiger partial charge on any atom is 0.255 e. The predicted octanol–water partition coefficient (Wildman–Crippen LogP) is 1.09. The van der Waals surface area contributed by atoms with Gasteiger partial charge in [-0.1, -0.05) is 0 Å². The van der Waals surface area contributed by atoms with Gasteiger partial charge in [-0.25, -0.2) is 8.78 Å². The number of carbonyl (C=O) groups is 1. The van der Waals surface area contributed by atoms with E-state index in [-0.39, 0.29) is 30.0 Å². The van der Waals surface area contributed by atoms with Crippen LogP contribution >= 0.6 is 0 Å². The lowest BCUT2D eigenvalue weighted by atomic mass is 10.1. The highest BCUT2D eigenvalue weighted by Gasteiger charge is 2.19. The molecule has 1 aromatic carbocycles. The van der Waals surface area contributed by atoms with E-state index >= 15 is 0 Å². The normalized spacial score (nSPS) is 10.6. The van der Waals surface area contributed by atoms with Gasteiger partial charge in [0.1, 0.15) is 17.3 Å². The molecule has 0 saturated carbocycles. The van der Waals surface area contributed by atoms with Crippen molar-refractivity contribution < 1.29 is 18.7 Å². The molecule has 0 aliphatic heterocycles. The van der Waals surface area contributed by atoms with Gasteiger partial charge in [-0.3, -0.25) is 9.48 Å². The van der Waals surface area contributed by atoms with Crippen LogP contribution in [-0.4, -0.2) is 33.9 Å². The van der Waals surface area contributed by atoms with E-state index in [0.29, 0.717) is 0 Å². The highest BCUT2D eigenvalue weighted by molar-refractivity contribution is 5.99. The van der Waals surface area contributed by atoms with Crippen LogP contribution in [0.2, 0.25) is 0 Å². The summed E-state index contributed by atoms with van der Waals surface area (Å²) in [5.41, 5.74) is 0.327. The number of halogens is 2. The van der Waals surface area contributed by atoms with Crippen LogP contribution in [0.4, 0.5) is 8.78 Å². The molecule has 0 aliphatic carbocycles. The van der Waals surface area contributed by atoms with Gasteiger partial charge in [-0.2, -0.15) is 5.10 Å². The van der Waals surface area contributed by atoms with Crippen LogP contribution in [-0.2, 0) is 7.05 Å². The van der Waals surface area contributed by atoms with E-state index in [9.17, 15) is 13.6 Å². The molecule has 5 nitrogen and oxygen atoms in total. The molecule has 0 saturated heterocycles. The van der Waals surface area contributed by atoms with Crippen LogP contribution in [0.25, 0.3) is 11.3 Å². The Balaban J connectivity index is 2.44. The Morgan fingerprint density at radius 3 is 2.85 bits per heavy atom.